The molecule has 1 aromatic carbocycles. The third-order valence-electron chi connectivity index (χ3n) is 2.10. The minimum absolute atomic E-state index is 0.670. The van der Waals surface area contributed by atoms with Gasteiger partial charge in [-0.2, -0.15) is 0 Å². The Balaban J connectivity index is 2.11. The molecule has 2 heteroatoms. The normalized spacial score (nSPS) is 11.0. The van der Waals surface area contributed by atoms with Gasteiger partial charge in [-0.15, -0.1) is 0 Å². The van der Waals surface area contributed by atoms with E-state index in [-0.39, 0.29) is 0 Å². The fraction of sp³-hybridized carbons (Fsp3) is 0.154. The van der Waals surface area contributed by atoms with Gasteiger partial charge in [0.1, 0.15) is 5.76 Å². The average Bonchev–Trinajstić information content (AvgIpc) is 2.68. The molecule has 0 spiro atoms. The third kappa shape index (κ3) is 2.56. The SMILES string of the molecule is C/C=C/c1ncc(Cc2ccccc2)o1. The number of aromatic nitrogens is 1. The summed E-state index contributed by atoms with van der Waals surface area (Å²) in [6, 6.07) is 10.2. The lowest BCUT2D eigenvalue weighted by Crippen LogP contribution is -1.83. The van der Waals surface area contributed by atoms with E-state index in [0.29, 0.717) is 5.89 Å². The second-order valence-corrected chi connectivity index (χ2v) is 3.33. The van der Waals surface area contributed by atoms with Crippen LogP contribution in [0.5, 0.6) is 0 Å². The number of hydrogen-bond donors (Lipinski definition) is 0. The Labute approximate surface area is 89.3 Å². The van der Waals surface area contributed by atoms with Crippen LogP contribution in [0.15, 0.2) is 47.0 Å². The molecule has 0 amide bonds. The molecule has 0 radical (unpaired) electrons. The van der Waals surface area contributed by atoms with E-state index in [1.165, 1.54) is 5.56 Å². The summed E-state index contributed by atoms with van der Waals surface area (Å²) >= 11 is 0. The van der Waals surface area contributed by atoms with Crippen molar-refractivity contribution >= 4 is 6.08 Å². The van der Waals surface area contributed by atoms with Crippen LogP contribution in [-0.2, 0) is 6.42 Å². The summed E-state index contributed by atoms with van der Waals surface area (Å²) in [5.74, 6) is 1.57. The van der Waals surface area contributed by atoms with Crippen LogP contribution in [0.1, 0.15) is 24.1 Å². The quantitative estimate of drug-likeness (QED) is 0.758. The molecule has 0 bridgehead atoms. The van der Waals surface area contributed by atoms with Gasteiger partial charge in [0.2, 0.25) is 5.89 Å². The molecule has 0 aliphatic carbocycles. The average molecular weight is 199 g/mol. The first-order chi connectivity index (χ1) is 7.38. The van der Waals surface area contributed by atoms with Crippen molar-refractivity contribution in [2.45, 2.75) is 13.3 Å². The van der Waals surface area contributed by atoms with E-state index in [4.69, 9.17) is 4.42 Å². The highest BCUT2D eigenvalue weighted by Gasteiger charge is 2.01. The minimum atomic E-state index is 0.670. The molecule has 0 fully saturated rings. The van der Waals surface area contributed by atoms with E-state index in [1.807, 2.05) is 37.3 Å². The Hall–Kier alpha value is -1.83. The Bertz CT molecular complexity index is 443. The van der Waals surface area contributed by atoms with Gasteiger partial charge >= 0.3 is 0 Å². The van der Waals surface area contributed by atoms with Gasteiger partial charge in [-0.3, -0.25) is 0 Å². The predicted molar refractivity (Wildman–Crippen MR) is 60.5 cm³/mol. The standard InChI is InChI=1S/C13H13NO/c1-2-6-13-14-10-12(15-13)9-11-7-4-3-5-8-11/h2-8,10H,9H2,1H3/b6-2+. The minimum Gasteiger partial charge on any atom is -0.441 e. The number of hydrogen-bond acceptors (Lipinski definition) is 2. The number of benzene rings is 1. The van der Waals surface area contributed by atoms with Crippen molar-refractivity contribution in [2.24, 2.45) is 0 Å². The molecule has 1 heterocycles. The summed E-state index contributed by atoms with van der Waals surface area (Å²) < 4.78 is 5.53. The summed E-state index contributed by atoms with van der Waals surface area (Å²) in [5, 5.41) is 0. The molecule has 0 aliphatic heterocycles. The molecule has 76 valence electrons. The third-order valence-corrected chi connectivity index (χ3v) is 2.10. The van der Waals surface area contributed by atoms with Crippen molar-refractivity contribution in [1.29, 1.82) is 0 Å². The summed E-state index contributed by atoms with van der Waals surface area (Å²) in [7, 11) is 0. The van der Waals surface area contributed by atoms with Gasteiger partial charge in [0, 0.05) is 6.42 Å². The van der Waals surface area contributed by atoms with Gasteiger partial charge < -0.3 is 4.42 Å². The van der Waals surface area contributed by atoms with E-state index in [9.17, 15) is 0 Å². The summed E-state index contributed by atoms with van der Waals surface area (Å²) in [6.07, 6.45) is 6.35. The van der Waals surface area contributed by atoms with E-state index in [1.54, 1.807) is 6.20 Å². The topological polar surface area (TPSA) is 26.0 Å². The molecule has 0 N–H and O–H groups in total. The second-order valence-electron chi connectivity index (χ2n) is 3.33. The second kappa shape index (κ2) is 4.60. The Morgan fingerprint density at radius 3 is 2.80 bits per heavy atom. The Morgan fingerprint density at radius 2 is 2.07 bits per heavy atom. The van der Waals surface area contributed by atoms with Gasteiger partial charge in [0.25, 0.3) is 0 Å². The maximum Gasteiger partial charge on any atom is 0.218 e. The number of oxazole rings is 1. The zero-order valence-corrected chi connectivity index (χ0v) is 8.68. The first-order valence-electron chi connectivity index (χ1n) is 5.00. The van der Waals surface area contributed by atoms with E-state index >= 15 is 0 Å². The molecule has 0 aliphatic rings. The van der Waals surface area contributed by atoms with E-state index in [2.05, 4.69) is 17.1 Å². The Kier molecular flexibility index (Phi) is 2.98. The summed E-state index contributed by atoms with van der Waals surface area (Å²) in [4.78, 5) is 4.15. The lowest BCUT2D eigenvalue weighted by atomic mass is 10.1. The molecule has 2 aromatic rings. The van der Waals surface area contributed by atoms with Crippen molar-refractivity contribution in [3.8, 4) is 0 Å². The van der Waals surface area contributed by atoms with Crippen LogP contribution in [0.2, 0.25) is 0 Å². The van der Waals surface area contributed by atoms with Crippen molar-refractivity contribution in [3.63, 3.8) is 0 Å². The van der Waals surface area contributed by atoms with E-state index in [0.717, 1.165) is 12.2 Å². The molecule has 0 unspecified atom stereocenters. The molecular formula is C13H13NO. The summed E-state index contributed by atoms with van der Waals surface area (Å²) in [6.45, 7) is 1.95. The van der Waals surface area contributed by atoms with Crippen LogP contribution >= 0.6 is 0 Å². The molecule has 2 rings (SSSR count). The summed E-state index contributed by atoms with van der Waals surface area (Å²) in [5.41, 5.74) is 1.24. The first kappa shape index (κ1) is 9.71. The fourth-order valence-electron chi connectivity index (χ4n) is 1.42. The monoisotopic (exact) mass is 199 g/mol. The number of allylic oxidation sites excluding steroid dienone is 1. The maximum absolute atomic E-state index is 5.53. The largest absolute Gasteiger partial charge is 0.441 e. The van der Waals surface area contributed by atoms with Crippen LogP contribution in [0, 0.1) is 0 Å². The highest BCUT2D eigenvalue weighted by Crippen LogP contribution is 2.11. The number of nitrogens with zero attached hydrogens (tertiary/aromatic N) is 1. The van der Waals surface area contributed by atoms with Gasteiger partial charge in [-0.1, -0.05) is 36.4 Å². The van der Waals surface area contributed by atoms with Crippen molar-refractivity contribution < 1.29 is 4.42 Å². The van der Waals surface area contributed by atoms with Crippen LogP contribution in [-0.4, -0.2) is 4.98 Å². The van der Waals surface area contributed by atoms with Gasteiger partial charge in [-0.05, 0) is 18.6 Å². The number of rotatable bonds is 3. The Morgan fingerprint density at radius 1 is 1.27 bits per heavy atom. The molecule has 1 aromatic heterocycles. The van der Waals surface area contributed by atoms with Crippen LogP contribution in [0.4, 0.5) is 0 Å². The first-order valence-corrected chi connectivity index (χ1v) is 5.00. The molecule has 0 saturated heterocycles. The fourth-order valence-corrected chi connectivity index (χ4v) is 1.42. The smallest absolute Gasteiger partial charge is 0.218 e. The molecule has 15 heavy (non-hydrogen) atoms. The predicted octanol–water partition coefficient (Wildman–Crippen LogP) is 3.30. The highest BCUT2D eigenvalue weighted by atomic mass is 16.4. The zero-order chi connectivity index (χ0) is 10.5. The van der Waals surface area contributed by atoms with Crippen molar-refractivity contribution in [3.05, 3.63) is 59.8 Å². The molecular weight excluding hydrogens is 186 g/mol. The van der Waals surface area contributed by atoms with Crippen LogP contribution in [0.3, 0.4) is 0 Å². The van der Waals surface area contributed by atoms with Gasteiger partial charge in [-0.25, -0.2) is 4.98 Å². The van der Waals surface area contributed by atoms with Crippen LogP contribution in [0.25, 0.3) is 6.08 Å². The van der Waals surface area contributed by atoms with Gasteiger partial charge in [0.15, 0.2) is 0 Å². The molecule has 2 nitrogen and oxygen atoms in total. The molecule has 0 saturated carbocycles. The van der Waals surface area contributed by atoms with Crippen LogP contribution < -0.4 is 0 Å². The zero-order valence-electron chi connectivity index (χ0n) is 8.68. The lowest BCUT2D eigenvalue weighted by molar-refractivity contribution is 0.505. The maximum atomic E-state index is 5.53. The van der Waals surface area contributed by atoms with Crippen molar-refractivity contribution in [2.75, 3.05) is 0 Å². The lowest BCUT2D eigenvalue weighted by Gasteiger charge is -1.95. The van der Waals surface area contributed by atoms with Gasteiger partial charge in [0.05, 0.1) is 6.20 Å². The highest BCUT2D eigenvalue weighted by molar-refractivity contribution is 5.37. The van der Waals surface area contributed by atoms with E-state index < -0.39 is 0 Å². The van der Waals surface area contributed by atoms with Crippen molar-refractivity contribution in [1.82, 2.24) is 4.98 Å². The molecule has 0 atom stereocenters.